The molecule has 7 nitrogen and oxygen atoms in total. The summed E-state index contributed by atoms with van der Waals surface area (Å²) in [5, 5.41) is 27.4. The van der Waals surface area contributed by atoms with Gasteiger partial charge in [0.1, 0.15) is 23.4 Å². The number of halogens is 2. The summed E-state index contributed by atoms with van der Waals surface area (Å²) in [6.07, 6.45) is 4.07. The number of aliphatic hydroxyl groups is 2. The van der Waals surface area contributed by atoms with Crippen molar-refractivity contribution in [3.8, 4) is 0 Å². The maximum absolute atomic E-state index is 14.2. The van der Waals surface area contributed by atoms with Crippen molar-refractivity contribution < 1.29 is 33.7 Å². The van der Waals surface area contributed by atoms with Gasteiger partial charge in [0.25, 0.3) is 5.91 Å². The molecule has 2 atom stereocenters. The van der Waals surface area contributed by atoms with E-state index in [-0.39, 0.29) is 24.8 Å². The van der Waals surface area contributed by atoms with E-state index < -0.39 is 30.3 Å². The van der Waals surface area contributed by atoms with Crippen LogP contribution in [0.5, 0.6) is 0 Å². The van der Waals surface area contributed by atoms with Gasteiger partial charge in [-0.05, 0) is 59.6 Å². The maximum Gasteiger partial charge on any atom is 0.293 e. The lowest BCUT2D eigenvalue weighted by molar-refractivity contribution is 0.0164. The van der Waals surface area contributed by atoms with Gasteiger partial charge in [-0.25, -0.2) is 14.3 Å². The molecule has 9 heteroatoms. The van der Waals surface area contributed by atoms with Crippen LogP contribution in [0.4, 0.5) is 8.78 Å². The van der Waals surface area contributed by atoms with Crippen LogP contribution in [0.25, 0.3) is 5.57 Å². The van der Waals surface area contributed by atoms with Crippen molar-refractivity contribution in [2.75, 3.05) is 19.8 Å². The van der Waals surface area contributed by atoms with E-state index in [1.807, 2.05) is 6.08 Å². The Balaban J connectivity index is 1.90. The van der Waals surface area contributed by atoms with Crippen LogP contribution < -0.4 is 5.48 Å². The van der Waals surface area contributed by atoms with Gasteiger partial charge in [0, 0.05) is 12.3 Å². The first-order valence-corrected chi connectivity index (χ1v) is 9.86. The number of hydrogen-bond donors (Lipinski definition) is 4. The minimum absolute atomic E-state index is 0.0190. The molecule has 1 aromatic heterocycles. The fourth-order valence-electron chi connectivity index (χ4n) is 3.58. The average Bonchev–Trinajstić information content (AvgIpc) is 2.94. The lowest BCUT2D eigenvalue weighted by atomic mass is 9.93. The Kier molecular flexibility index (Phi) is 7.80. The standard InChI is InChI=1S/C22H24F2N2O5/c23-17-4-3-14(20(24)7-17)5-13-1-2-15-9-25-21(22(29)26-30)8-19(15)16(6-13)11-31-12-18(28)10-27/h3-4,6-9,13,18,27-28,30H,1-2,5,10-12H2,(H,26,29). The predicted molar refractivity (Wildman–Crippen MR) is 107 cm³/mol. The van der Waals surface area contributed by atoms with E-state index in [1.165, 1.54) is 12.1 Å². The number of aliphatic hydroxyl groups excluding tert-OH is 2. The van der Waals surface area contributed by atoms with E-state index in [9.17, 15) is 18.7 Å². The highest BCUT2D eigenvalue weighted by atomic mass is 19.1. The number of fused-ring (bicyclic) bond motifs is 1. The highest BCUT2D eigenvalue weighted by Crippen LogP contribution is 2.31. The number of carbonyl (C=O) groups excluding carboxylic acids is 1. The molecule has 1 heterocycles. The van der Waals surface area contributed by atoms with Crippen molar-refractivity contribution in [1.82, 2.24) is 10.5 Å². The highest BCUT2D eigenvalue weighted by molar-refractivity contribution is 5.92. The van der Waals surface area contributed by atoms with Crippen LogP contribution in [0.1, 0.15) is 33.6 Å². The van der Waals surface area contributed by atoms with Crippen molar-refractivity contribution in [3.63, 3.8) is 0 Å². The molecule has 1 aliphatic carbocycles. The number of rotatable bonds is 8. The van der Waals surface area contributed by atoms with Gasteiger partial charge in [0.05, 0.1) is 19.8 Å². The molecule has 3 rings (SSSR count). The molecule has 2 aromatic rings. The molecule has 1 aliphatic rings. The number of nitrogens with one attached hydrogen (secondary N) is 1. The number of carbonyl (C=O) groups is 1. The fraction of sp³-hybridized carbons (Fsp3) is 0.364. The third-order valence-electron chi connectivity index (χ3n) is 5.16. The number of aromatic nitrogens is 1. The van der Waals surface area contributed by atoms with E-state index in [1.54, 1.807) is 17.7 Å². The molecule has 0 radical (unpaired) electrons. The maximum atomic E-state index is 14.2. The number of hydroxylamine groups is 1. The second-order valence-corrected chi connectivity index (χ2v) is 7.45. The summed E-state index contributed by atoms with van der Waals surface area (Å²) < 4.78 is 32.9. The number of ether oxygens (including phenoxy) is 1. The molecule has 0 spiro atoms. The fourth-order valence-corrected chi connectivity index (χ4v) is 3.58. The molecule has 1 aromatic carbocycles. The Hall–Kier alpha value is -2.72. The number of allylic oxidation sites excluding steroid dienone is 1. The lowest BCUT2D eigenvalue weighted by Gasteiger charge is -2.15. The molecular weight excluding hydrogens is 410 g/mol. The topological polar surface area (TPSA) is 112 Å². The number of amides is 1. The van der Waals surface area contributed by atoms with Crippen LogP contribution >= 0.6 is 0 Å². The zero-order chi connectivity index (χ0) is 22.4. The predicted octanol–water partition coefficient (Wildman–Crippen LogP) is 2.04. The minimum atomic E-state index is -1.02. The summed E-state index contributed by atoms with van der Waals surface area (Å²) in [5.41, 5.74) is 4.23. The van der Waals surface area contributed by atoms with Crippen molar-refractivity contribution in [3.05, 3.63) is 70.6 Å². The number of aryl methyl sites for hydroxylation is 1. The summed E-state index contributed by atoms with van der Waals surface area (Å²) in [7, 11) is 0. The quantitative estimate of drug-likeness (QED) is 0.374. The molecule has 0 aliphatic heterocycles. The molecule has 1 amide bonds. The third kappa shape index (κ3) is 5.92. The molecular formula is C22H24F2N2O5. The van der Waals surface area contributed by atoms with Gasteiger partial charge in [0.2, 0.25) is 0 Å². The van der Waals surface area contributed by atoms with Crippen LogP contribution in [-0.2, 0) is 17.6 Å². The molecule has 166 valence electrons. The number of benzene rings is 1. The third-order valence-corrected chi connectivity index (χ3v) is 5.16. The Labute approximate surface area is 178 Å². The van der Waals surface area contributed by atoms with Crippen LogP contribution in [0.15, 0.2) is 36.5 Å². The molecule has 0 fully saturated rings. The zero-order valence-corrected chi connectivity index (χ0v) is 16.7. The zero-order valence-electron chi connectivity index (χ0n) is 16.7. The van der Waals surface area contributed by atoms with Crippen molar-refractivity contribution >= 4 is 11.5 Å². The summed E-state index contributed by atoms with van der Waals surface area (Å²) >= 11 is 0. The van der Waals surface area contributed by atoms with E-state index >= 15 is 0 Å². The smallest absolute Gasteiger partial charge is 0.293 e. The van der Waals surface area contributed by atoms with Gasteiger partial charge in [-0.2, -0.15) is 0 Å². The Morgan fingerprint density at radius 3 is 2.84 bits per heavy atom. The second kappa shape index (κ2) is 10.5. The molecule has 31 heavy (non-hydrogen) atoms. The average molecular weight is 434 g/mol. The van der Waals surface area contributed by atoms with E-state index in [0.29, 0.717) is 36.0 Å². The van der Waals surface area contributed by atoms with Crippen molar-refractivity contribution in [2.24, 2.45) is 5.92 Å². The molecule has 4 N–H and O–H groups in total. The Morgan fingerprint density at radius 1 is 1.32 bits per heavy atom. The number of pyridine rings is 1. The van der Waals surface area contributed by atoms with Crippen LogP contribution in [0, 0.1) is 17.6 Å². The lowest BCUT2D eigenvalue weighted by Crippen LogP contribution is -2.21. The van der Waals surface area contributed by atoms with Crippen molar-refractivity contribution in [1.29, 1.82) is 0 Å². The van der Waals surface area contributed by atoms with Gasteiger partial charge in [-0.15, -0.1) is 0 Å². The van der Waals surface area contributed by atoms with E-state index in [4.69, 9.17) is 15.1 Å². The van der Waals surface area contributed by atoms with E-state index in [0.717, 1.165) is 11.6 Å². The van der Waals surface area contributed by atoms with Gasteiger partial charge in [0.15, 0.2) is 0 Å². The number of hydrogen-bond acceptors (Lipinski definition) is 6. The first-order chi connectivity index (χ1) is 14.9. The minimum Gasteiger partial charge on any atom is -0.394 e. The molecule has 2 unspecified atom stereocenters. The van der Waals surface area contributed by atoms with Gasteiger partial charge in [-0.3, -0.25) is 15.0 Å². The van der Waals surface area contributed by atoms with Crippen LogP contribution in [-0.4, -0.2) is 52.2 Å². The summed E-state index contributed by atoms with van der Waals surface area (Å²) in [6.45, 7) is -0.445. The van der Waals surface area contributed by atoms with Gasteiger partial charge >= 0.3 is 0 Å². The van der Waals surface area contributed by atoms with Crippen LogP contribution in [0.2, 0.25) is 0 Å². The monoisotopic (exact) mass is 434 g/mol. The first-order valence-electron chi connectivity index (χ1n) is 9.86. The SMILES string of the molecule is O=C(NO)c1cc2c(cn1)CCC(Cc1ccc(F)cc1F)C=C2COCC(O)CO. The van der Waals surface area contributed by atoms with Crippen LogP contribution in [0.3, 0.4) is 0 Å². The van der Waals surface area contributed by atoms with E-state index in [2.05, 4.69) is 4.98 Å². The highest BCUT2D eigenvalue weighted by Gasteiger charge is 2.21. The number of nitrogens with zero attached hydrogens (tertiary/aromatic N) is 1. The van der Waals surface area contributed by atoms with Gasteiger partial charge < -0.3 is 14.9 Å². The summed E-state index contributed by atoms with van der Waals surface area (Å²) in [4.78, 5) is 15.9. The Bertz CT molecular complexity index is 967. The Morgan fingerprint density at radius 2 is 2.13 bits per heavy atom. The summed E-state index contributed by atoms with van der Waals surface area (Å²) in [5.74, 6) is -2.10. The van der Waals surface area contributed by atoms with Crippen molar-refractivity contribution in [2.45, 2.75) is 25.4 Å². The largest absolute Gasteiger partial charge is 0.394 e. The molecule has 0 bridgehead atoms. The normalized spacial score (nSPS) is 16.8. The first kappa shape index (κ1) is 23.0. The second-order valence-electron chi connectivity index (χ2n) is 7.45. The molecule has 0 saturated carbocycles. The van der Waals surface area contributed by atoms with Gasteiger partial charge in [-0.1, -0.05) is 12.1 Å². The molecule has 0 saturated heterocycles. The summed E-state index contributed by atoms with van der Waals surface area (Å²) in [6, 6.07) is 5.04.